The molecule has 1 aliphatic rings. The van der Waals surface area contributed by atoms with Gasteiger partial charge in [-0.05, 0) is 12.5 Å². The number of Topliss-reactive ketones (excluding diaryl/α,β-unsaturated/α-hetero) is 1. The van der Waals surface area contributed by atoms with E-state index in [4.69, 9.17) is 10.5 Å². The van der Waals surface area contributed by atoms with Crippen LogP contribution >= 0.6 is 0 Å². The fraction of sp³-hybridized carbons (Fsp3) is 0.200. The van der Waals surface area contributed by atoms with Crippen LogP contribution in [0.25, 0.3) is 0 Å². The Balaban J connectivity index is 2.43. The van der Waals surface area contributed by atoms with E-state index >= 15 is 0 Å². The molecule has 0 saturated carbocycles. The van der Waals surface area contributed by atoms with Crippen LogP contribution in [0, 0.1) is 0 Å². The van der Waals surface area contributed by atoms with Crippen LogP contribution in [0.1, 0.15) is 22.3 Å². The predicted molar refractivity (Wildman–Crippen MR) is 49.3 cm³/mol. The van der Waals surface area contributed by atoms with E-state index in [1.807, 2.05) is 0 Å². The number of amides is 1. The SMILES string of the molecule is NC(=O)Oc1cccc2c1CCC2=O. The summed E-state index contributed by atoms with van der Waals surface area (Å²) < 4.78 is 4.79. The molecule has 1 amide bonds. The van der Waals surface area contributed by atoms with Gasteiger partial charge in [0, 0.05) is 17.5 Å². The quantitative estimate of drug-likeness (QED) is 0.726. The minimum Gasteiger partial charge on any atom is -0.410 e. The lowest BCUT2D eigenvalue weighted by molar-refractivity contribution is 0.0994. The largest absolute Gasteiger partial charge is 0.410 e. The Morgan fingerprint density at radius 3 is 2.86 bits per heavy atom. The molecule has 4 heteroatoms. The van der Waals surface area contributed by atoms with Crippen molar-refractivity contribution in [2.75, 3.05) is 0 Å². The molecule has 1 aliphatic carbocycles. The highest BCUT2D eigenvalue weighted by atomic mass is 16.5. The maximum absolute atomic E-state index is 11.3. The molecule has 0 atom stereocenters. The zero-order valence-corrected chi connectivity index (χ0v) is 7.45. The molecule has 4 nitrogen and oxygen atoms in total. The van der Waals surface area contributed by atoms with E-state index in [9.17, 15) is 9.59 Å². The van der Waals surface area contributed by atoms with Gasteiger partial charge in [-0.3, -0.25) is 4.79 Å². The third kappa shape index (κ3) is 1.35. The molecule has 72 valence electrons. The number of ether oxygens (including phenoxy) is 1. The molecule has 1 aromatic carbocycles. The van der Waals surface area contributed by atoms with E-state index in [0.29, 0.717) is 24.2 Å². The highest BCUT2D eigenvalue weighted by molar-refractivity contribution is 6.01. The van der Waals surface area contributed by atoms with Crippen LogP contribution in [0.5, 0.6) is 5.75 Å². The van der Waals surface area contributed by atoms with Crippen LogP contribution in [0.15, 0.2) is 18.2 Å². The Morgan fingerprint density at radius 1 is 1.36 bits per heavy atom. The second-order valence-electron chi connectivity index (χ2n) is 3.13. The summed E-state index contributed by atoms with van der Waals surface area (Å²) in [5, 5.41) is 0. The van der Waals surface area contributed by atoms with Crippen molar-refractivity contribution < 1.29 is 14.3 Å². The van der Waals surface area contributed by atoms with Crippen molar-refractivity contribution in [1.82, 2.24) is 0 Å². The summed E-state index contributed by atoms with van der Waals surface area (Å²) in [5.41, 5.74) is 6.34. The van der Waals surface area contributed by atoms with E-state index in [1.165, 1.54) is 0 Å². The van der Waals surface area contributed by atoms with Gasteiger partial charge in [0.1, 0.15) is 5.75 Å². The van der Waals surface area contributed by atoms with E-state index < -0.39 is 6.09 Å². The molecular weight excluding hydrogens is 182 g/mol. The average molecular weight is 191 g/mol. The van der Waals surface area contributed by atoms with Crippen molar-refractivity contribution in [3.63, 3.8) is 0 Å². The van der Waals surface area contributed by atoms with Crippen LogP contribution in [0.3, 0.4) is 0 Å². The number of carbonyl (C=O) groups excluding carboxylic acids is 2. The fourth-order valence-electron chi connectivity index (χ4n) is 1.66. The Bertz CT molecular complexity index is 412. The van der Waals surface area contributed by atoms with Crippen molar-refractivity contribution in [1.29, 1.82) is 0 Å². The van der Waals surface area contributed by atoms with Crippen LogP contribution in [-0.2, 0) is 6.42 Å². The number of rotatable bonds is 1. The highest BCUT2D eigenvalue weighted by Crippen LogP contribution is 2.30. The lowest BCUT2D eigenvalue weighted by Crippen LogP contribution is -2.17. The van der Waals surface area contributed by atoms with Gasteiger partial charge >= 0.3 is 6.09 Å². The van der Waals surface area contributed by atoms with Crippen molar-refractivity contribution in [2.24, 2.45) is 5.73 Å². The lowest BCUT2D eigenvalue weighted by atomic mass is 10.1. The molecule has 0 aromatic heterocycles. The standard InChI is InChI=1S/C10H9NO3/c11-10(13)14-9-3-1-2-6-7(9)4-5-8(6)12/h1-3H,4-5H2,(H2,11,13). The number of nitrogens with two attached hydrogens (primary N) is 1. The van der Waals surface area contributed by atoms with Crippen molar-refractivity contribution in [3.05, 3.63) is 29.3 Å². The number of fused-ring (bicyclic) bond motifs is 1. The van der Waals surface area contributed by atoms with Gasteiger partial charge in [-0.2, -0.15) is 0 Å². The first kappa shape index (κ1) is 8.74. The minimum atomic E-state index is -0.849. The maximum atomic E-state index is 11.3. The molecule has 0 saturated heterocycles. The summed E-state index contributed by atoms with van der Waals surface area (Å²) in [7, 11) is 0. The van der Waals surface area contributed by atoms with Gasteiger partial charge < -0.3 is 10.5 Å². The van der Waals surface area contributed by atoms with Crippen LogP contribution < -0.4 is 10.5 Å². The van der Waals surface area contributed by atoms with Gasteiger partial charge in [0.2, 0.25) is 0 Å². The Kier molecular flexibility index (Phi) is 1.96. The molecule has 14 heavy (non-hydrogen) atoms. The molecule has 2 N–H and O–H groups in total. The second-order valence-corrected chi connectivity index (χ2v) is 3.13. The first-order valence-corrected chi connectivity index (χ1v) is 4.31. The molecule has 0 spiro atoms. The molecule has 0 fully saturated rings. The fourth-order valence-corrected chi connectivity index (χ4v) is 1.66. The molecule has 0 radical (unpaired) electrons. The molecule has 0 heterocycles. The third-order valence-electron chi connectivity index (χ3n) is 2.25. The number of ketones is 1. The molecular formula is C10H9NO3. The monoisotopic (exact) mass is 191 g/mol. The maximum Gasteiger partial charge on any atom is 0.409 e. The first-order valence-electron chi connectivity index (χ1n) is 4.31. The Morgan fingerprint density at radius 2 is 2.14 bits per heavy atom. The Hall–Kier alpha value is -1.84. The van der Waals surface area contributed by atoms with Crippen molar-refractivity contribution in [2.45, 2.75) is 12.8 Å². The highest BCUT2D eigenvalue weighted by Gasteiger charge is 2.23. The molecule has 1 aromatic rings. The van der Waals surface area contributed by atoms with Gasteiger partial charge in [0.15, 0.2) is 5.78 Å². The normalized spacial score (nSPS) is 13.9. The Labute approximate surface area is 80.7 Å². The van der Waals surface area contributed by atoms with Crippen LogP contribution in [0.4, 0.5) is 4.79 Å². The number of benzene rings is 1. The summed E-state index contributed by atoms with van der Waals surface area (Å²) in [4.78, 5) is 21.9. The molecule has 0 unspecified atom stereocenters. The lowest BCUT2D eigenvalue weighted by Gasteiger charge is -2.05. The smallest absolute Gasteiger partial charge is 0.409 e. The van der Waals surface area contributed by atoms with Crippen LogP contribution in [-0.4, -0.2) is 11.9 Å². The third-order valence-corrected chi connectivity index (χ3v) is 2.25. The number of hydrogen-bond donors (Lipinski definition) is 1. The van der Waals surface area contributed by atoms with Gasteiger partial charge in [0.25, 0.3) is 0 Å². The molecule has 0 aliphatic heterocycles. The topological polar surface area (TPSA) is 69.4 Å². The summed E-state index contributed by atoms with van der Waals surface area (Å²) in [5.74, 6) is 0.496. The average Bonchev–Trinajstić information content (AvgIpc) is 2.49. The summed E-state index contributed by atoms with van der Waals surface area (Å²) in [6.07, 6.45) is 0.254. The van der Waals surface area contributed by atoms with Gasteiger partial charge in [-0.15, -0.1) is 0 Å². The van der Waals surface area contributed by atoms with E-state index in [-0.39, 0.29) is 5.78 Å². The molecule has 2 rings (SSSR count). The first-order chi connectivity index (χ1) is 6.68. The van der Waals surface area contributed by atoms with E-state index in [0.717, 1.165) is 5.56 Å². The second kappa shape index (κ2) is 3.14. The zero-order chi connectivity index (χ0) is 10.1. The summed E-state index contributed by atoms with van der Waals surface area (Å²) in [6.45, 7) is 0. The predicted octanol–water partition coefficient (Wildman–Crippen LogP) is 1.27. The van der Waals surface area contributed by atoms with Gasteiger partial charge in [-0.1, -0.05) is 12.1 Å². The zero-order valence-electron chi connectivity index (χ0n) is 7.45. The number of carbonyl (C=O) groups is 2. The van der Waals surface area contributed by atoms with E-state index in [2.05, 4.69) is 0 Å². The summed E-state index contributed by atoms with van der Waals surface area (Å²) in [6, 6.07) is 5.06. The van der Waals surface area contributed by atoms with Crippen molar-refractivity contribution >= 4 is 11.9 Å². The van der Waals surface area contributed by atoms with E-state index in [1.54, 1.807) is 18.2 Å². The van der Waals surface area contributed by atoms with Gasteiger partial charge in [0.05, 0.1) is 0 Å². The molecule has 0 bridgehead atoms. The number of hydrogen-bond acceptors (Lipinski definition) is 3. The minimum absolute atomic E-state index is 0.0925. The van der Waals surface area contributed by atoms with Crippen molar-refractivity contribution in [3.8, 4) is 5.75 Å². The van der Waals surface area contributed by atoms with Gasteiger partial charge in [-0.25, -0.2) is 4.79 Å². The van der Waals surface area contributed by atoms with Crippen LogP contribution in [0.2, 0.25) is 0 Å². The summed E-state index contributed by atoms with van der Waals surface area (Å²) >= 11 is 0. The number of primary amides is 1.